The minimum atomic E-state index is -0.277. The standard InChI is InChI=1S/C19H23N3O/c1-13(2)9-18-19(12-23)22-15(11-21-18)8-7-14-10-20-17-6-4-3-5-16(14)17/h3-6,10-13,19-20,22H,7-9H2,1-2H3. The van der Waals surface area contributed by atoms with Crippen LogP contribution in [0.15, 0.2) is 47.4 Å². The molecule has 0 saturated heterocycles. The zero-order valence-corrected chi connectivity index (χ0v) is 13.7. The number of hydrogen-bond donors (Lipinski definition) is 2. The molecule has 4 nitrogen and oxygen atoms in total. The number of allylic oxidation sites excluding steroid dienone is 1. The number of aldehydes is 1. The molecule has 23 heavy (non-hydrogen) atoms. The van der Waals surface area contributed by atoms with Crippen LogP contribution in [-0.4, -0.2) is 23.0 Å². The number of para-hydroxylation sites is 1. The first kappa shape index (κ1) is 15.5. The van der Waals surface area contributed by atoms with E-state index in [2.05, 4.69) is 53.5 Å². The summed E-state index contributed by atoms with van der Waals surface area (Å²) in [7, 11) is 0. The average molecular weight is 309 g/mol. The SMILES string of the molecule is CC(C)CC1=NC=C(CCc2c[nH]c3ccccc23)NC1C=O. The van der Waals surface area contributed by atoms with Crippen molar-refractivity contribution in [2.75, 3.05) is 0 Å². The molecule has 0 radical (unpaired) electrons. The Kier molecular flexibility index (Phi) is 4.60. The van der Waals surface area contributed by atoms with Gasteiger partial charge in [-0.25, -0.2) is 0 Å². The summed E-state index contributed by atoms with van der Waals surface area (Å²) >= 11 is 0. The van der Waals surface area contributed by atoms with Crippen molar-refractivity contribution in [3.63, 3.8) is 0 Å². The fourth-order valence-corrected chi connectivity index (χ4v) is 3.02. The van der Waals surface area contributed by atoms with Crippen molar-refractivity contribution in [1.29, 1.82) is 0 Å². The molecule has 1 atom stereocenters. The highest BCUT2D eigenvalue weighted by Crippen LogP contribution is 2.21. The first-order valence-corrected chi connectivity index (χ1v) is 8.20. The zero-order chi connectivity index (χ0) is 16.2. The number of nitrogens with zero attached hydrogens (tertiary/aromatic N) is 1. The number of carbonyl (C=O) groups excluding carboxylic acids is 1. The molecule has 0 saturated carbocycles. The number of aromatic amines is 1. The van der Waals surface area contributed by atoms with Crippen molar-refractivity contribution in [2.24, 2.45) is 10.9 Å². The van der Waals surface area contributed by atoms with Crippen LogP contribution in [0.4, 0.5) is 0 Å². The number of aliphatic imine (C=N–C) groups is 1. The number of carbonyl (C=O) groups is 1. The van der Waals surface area contributed by atoms with E-state index in [-0.39, 0.29) is 6.04 Å². The number of aromatic nitrogens is 1. The molecule has 0 spiro atoms. The number of aryl methyl sites for hydroxylation is 1. The molecule has 120 valence electrons. The van der Waals surface area contributed by atoms with Crippen LogP contribution in [0.3, 0.4) is 0 Å². The highest BCUT2D eigenvalue weighted by Gasteiger charge is 2.20. The largest absolute Gasteiger partial charge is 0.373 e. The van der Waals surface area contributed by atoms with E-state index in [4.69, 9.17) is 0 Å². The first-order chi connectivity index (χ1) is 11.2. The van der Waals surface area contributed by atoms with Crippen molar-refractivity contribution >= 4 is 22.9 Å². The van der Waals surface area contributed by atoms with Crippen LogP contribution in [0.5, 0.6) is 0 Å². The molecule has 2 heterocycles. The fourth-order valence-electron chi connectivity index (χ4n) is 3.02. The van der Waals surface area contributed by atoms with Crippen molar-refractivity contribution in [1.82, 2.24) is 10.3 Å². The Morgan fingerprint density at radius 3 is 2.87 bits per heavy atom. The maximum Gasteiger partial charge on any atom is 0.148 e. The number of rotatable bonds is 6. The van der Waals surface area contributed by atoms with E-state index in [1.165, 1.54) is 10.9 Å². The predicted octanol–water partition coefficient (Wildman–Crippen LogP) is 3.60. The Labute approximate surface area is 136 Å². The quantitative estimate of drug-likeness (QED) is 0.801. The van der Waals surface area contributed by atoms with Crippen molar-refractivity contribution < 1.29 is 4.79 Å². The van der Waals surface area contributed by atoms with Crippen LogP contribution in [-0.2, 0) is 11.2 Å². The molecule has 4 heteroatoms. The normalized spacial score (nSPS) is 17.8. The molecule has 1 unspecified atom stereocenters. The number of nitrogens with one attached hydrogen (secondary N) is 2. The van der Waals surface area contributed by atoms with Gasteiger partial charge in [0.15, 0.2) is 0 Å². The second-order valence-electron chi connectivity index (χ2n) is 6.49. The van der Waals surface area contributed by atoms with Crippen LogP contribution in [0, 0.1) is 5.92 Å². The smallest absolute Gasteiger partial charge is 0.148 e. The summed E-state index contributed by atoms with van der Waals surface area (Å²) in [5.74, 6) is 0.499. The molecule has 0 aliphatic carbocycles. The van der Waals surface area contributed by atoms with E-state index < -0.39 is 0 Å². The molecule has 0 fully saturated rings. The summed E-state index contributed by atoms with van der Waals surface area (Å²) < 4.78 is 0. The summed E-state index contributed by atoms with van der Waals surface area (Å²) in [5.41, 5.74) is 4.42. The second kappa shape index (κ2) is 6.82. The topological polar surface area (TPSA) is 57.2 Å². The number of benzene rings is 1. The molecule has 1 aliphatic rings. The maximum atomic E-state index is 11.3. The summed E-state index contributed by atoms with van der Waals surface area (Å²) in [4.78, 5) is 19.1. The summed E-state index contributed by atoms with van der Waals surface area (Å²) in [6, 6.07) is 8.04. The molecule has 2 aromatic rings. The van der Waals surface area contributed by atoms with E-state index >= 15 is 0 Å². The maximum absolute atomic E-state index is 11.3. The molecule has 1 aromatic heterocycles. The van der Waals surface area contributed by atoms with E-state index in [0.717, 1.165) is 42.5 Å². The molecular weight excluding hydrogens is 286 g/mol. The zero-order valence-electron chi connectivity index (χ0n) is 13.7. The summed E-state index contributed by atoms with van der Waals surface area (Å²) in [6.45, 7) is 4.28. The van der Waals surface area contributed by atoms with Gasteiger partial charge >= 0.3 is 0 Å². The summed E-state index contributed by atoms with van der Waals surface area (Å²) in [6.07, 6.45) is 7.53. The van der Waals surface area contributed by atoms with E-state index in [9.17, 15) is 4.79 Å². The van der Waals surface area contributed by atoms with Crippen LogP contribution < -0.4 is 5.32 Å². The third kappa shape index (κ3) is 3.52. The van der Waals surface area contributed by atoms with E-state index in [1.807, 2.05) is 12.3 Å². The van der Waals surface area contributed by atoms with Crippen LogP contribution >= 0.6 is 0 Å². The fraction of sp³-hybridized carbons (Fsp3) is 0.368. The number of fused-ring (bicyclic) bond motifs is 1. The Morgan fingerprint density at radius 1 is 1.26 bits per heavy atom. The highest BCUT2D eigenvalue weighted by atomic mass is 16.1. The van der Waals surface area contributed by atoms with E-state index in [1.54, 1.807) is 0 Å². The minimum Gasteiger partial charge on any atom is -0.373 e. The van der Waals surface area contributed by atoms with Gasteiger partial charge in [-0.05, 0) is 36.8 Å². The van der Waals surface area contributed by atoms with Gasteiger partial charge in [0.25, 0.3) is 0 Å². The van der Waals surface area contributed by atoms with Crippen LogP contribution in [0.1, 0.15) is 32.3 Å². The van der Waals surface area contributed by atoms with Crippen molar-refractivity contribution in [3.8, 4) is 0 Å². The molecule has 0 bridgehead atoms. The van der Waals surface area contributed by atoms with E-state index in [0.29, 0.717) is 5.92 Å². The Balaban J connectivity index is 1.70. The molecule has 1 aliphatic heterocycles. The lowest BCUT2D eigenvalue weighted by Gasteiger charge is -2.23. The van der Waals surface area contributed by atoms with Crippen molar-refractivity contribution in [3.05, 3.63) is 47.9 Å². The lowest BCUT2D eigenvalue weighted by Crippen LogP contribution is -2.40. The van der Waals surface area contributed by atoms with Crippen molar-refractivity contribution in [2.45, 2.75) is 39.2 Å². The molecule has 2 N–H and O–H groups in total. The molecule has 0 amide bonds. The third-order valence-corrected chi connectivity index (χ3v) is 4.18. The van der Waals surface area contributed by atoms with Gasteiger partial charge in [0, 0.05) is 34.7 Å². The third-order valence-electron chi connectivity index (χ3n) is 4.18. The lowest BCUT2D eigenvalue weighted by molar-refractivity contribution is -0.108. The van der Waals surface area contributed by atoms with Crippen LogP contribution in [0.25, 0.3) is 10.9 Å². The van der Waals surface area contributed by atoms with Gasteiger partial charge in [0.05, 0.1) is 0 Å². The average Bonchev–Trinajstić information content (AvgIpc) is 2.96. The Morgan fingerprint density at radius 2 is 2.09 bits per heavy atom. The molecule has 1 aromatic carbocycles. The van der Waals surface area contributed by atoms with Gasteiger partial charge in [-0.15, -0.1) is 0 Å². The first-order valence-electron chi connectivity index (χ1n) is 8.20. The van der Waals surface area contributed by atoms with Crippen LogP contribution in [0.2, 0.25) is 0 Å². The molecular formula is C19H23N3O. The number of hydrogen-bond acceptors (Lipinski definition) is 3. The predicted molar refractivity (Wildman–Crippen MR) is 94.6 cm³/mol. The Bertz CT molecular complexity index is 755. The van der Waals surface area contributed by atoms with Gasteiger partial charge in [0.1, 0.15) is 12.3 Å². The van der Waals surface area contributed by atoms with Gasteiger partial charge < -0.3 is 15.1 Å². The van der Waals surface area contributed by atoms with Gasteiger partial charge in [-0.2, -0.15) is 0 Å². The highest BCUT2D eigenvalue weighted by molar-refractivity contribution is 6.02. The lowest BCUT2D eigenvalue weighted by atomic mass is 9.99. The molecule has 3 rings (SSSR count). The minimum absolute atomic E-state index is 0.277. The number of H-pyrrole nitrogens is 1. The Hall–Kier alpha value is -2.36. The van der Waals surface area contributed by atoms with Gasteiger partial charge in [-0.3, -0.25) is 4.99 Å². The van der Waals surface area contributed by atoms with Gasteiger partial charge in [-0.1, -0.05) is 32.0 Å². The van der Waals surface area contributed by atoms with Gasteiger partial charge in [0.2, 0.25) is 0 Å². The monoisotopic (exact) mass is 309 g/mol. The second-order valence-corrected chi connectivity index (χ2v) is 6.49. The summed E-state index contributed by atoms with van der Waals surface area (Å²) in [5, 5.41) is 4.58.